The van der Waals surface area contributed by atoms with Crippen molar-refractivity contribution in [2.45, 2.75) is 44.2 Å². The van der Waals surface area contributed by atoms with Crippen LogP contribution in [-0.2, 0) is 18.9 Å². The van der Waals surface area contributed by atoms with Gasteiger partial charge in [-0.25, -0.2) is 14.8 Å². The van der Waals surface area contributed by atoms with Crippen LogP contribution in [0.1, 0.15) is 30.4 Å². The first kappa shape index (κ1) is 18.9. The Morgan fingerprint density at radius 3 is 2.77 bits per heavy atom. The molecule has 0 radical (unpaired) electrons. The number of fused-ring (bicyclic) bond motifs is 2. The minimum absolute atomic E-state index is 0.00846. The SMILES string of the molecule is CC1(C)OC2C(COC(=O)c3ccccc3)OC(n3cnc4c(=O)[nH]cnc43)C2O1. The Kier molecular flexibility index (Phi) is 4.42. The predicted molar refractivity (Wildman–Crippen MR) is 103 cm³/mol. The van der Waals surface area contributed by atoms with E-state index < -0.39 is 36.3 Å². The molecule has 4 atom stereocenters. The number of aromatic amines is 1. The fourth-order valence-corrected chi connectivity index (χ4v) is 3.88. The molecule has 10 heteroatoms. The maximum Gasteiger partial charge on any atom is 0.338 e. The van der Waals surface area contributed by atoms with Crippen molar-refractivity contribution in [2.24, 2.45) is 0 Å². The van der Waals surface area contributed by atoms with Crippen LogP contribution in [0.3, 0.4) is 0 Å². The van der Waals surface area contributed by atoms with Gasteiger partial charge < -0.3 is 23.9 Å². The molecule has 4 unspecified atom stereocenters. The van der Waals surface area contributed by atoms with Crippen LogP contribution >= 0.6 is 0 Å². The van der Waals surface area contributed by atoms with Gasteiger partial charge in [-0.1, -0.05) is 18.2 Å². The average Bonchev–Trinajstić information content (AvgIpc) is 3.38. The van der Waals surface area contributed by atoms with Crippen molar-refractivity contribution in [3.8, 4) is 0 Å². The number of ether oxygens (including phenoxy) is 4. The molecule has 0 bridgehead atoms. The van der Waals surface area contributed by atoms with Crippen molar-refractivity contribution in [3.63, 3.8) is 0 Å². The topological polar surface area (TPSA) is 118 Å². The maximum absolute atomic E-state index is 12.3. The highest BCUT2D eigenvalue weighted by Gasteiger charge is 2.56. The van der Waals surface area contributed by atoms with Crippen LogP contribution in [0, 0.1) is 0 Å². The van der Waals surface area contributed by atoms with Crippen LogP contribution in [-0.4, -0.2) is 56.2 Å². The molecule has 0 aliphatic carbocycles. The van der Waals surface area contributed by atoms with E-state index in [1.54, 1.807) is 28.8 Å². The molecule has 156 valence electrons. The molecule has 2 aliphatic heterocycles. The summed E-state index contributed by atoms with van der Waals surface area (Å²) in [6.45, 7) is 3.61. The number of carbonyl (C=O) groups is 1. The number of H-pyrrole nitrogens is 1. The van der Waals surface area contributed by atoms with Crippen LogP contribution in [0.5, 0.6) is 0 Å². The Morgan fingerprint density at radius 1 is 1.20 bits per heavy atom. The second-order valence-corrected chi connectivity index (χ2v) is 7.65. The molecule has 10 nitrogen and oxygen atoms in total. The van der Waals surface area contributed by atoms with E-state index in [9.17, 15) is 9.59 Å². The molecule has 30 heavy (non-hydrogen) atoms. The Morgan fingerprint density at radius 2 is 1.97 bits per heavy atom. The number of benzene rings is 1. The van der Waals surface area contributed by atoms with Crippen LogP contribution in [0.25, 0.3) is 11.2 Å². The normalized spacial score (nSPS) is 27.3. The van der Waals surface area contributed by atoms with Crippen LogP contribution in [0.2, 0.25) is 0 Å². The van der Waals surface area contributed by atoms with E-state index >= 15 is 0 Å². The minimum Gasteiger partial charge on any atom is -0.459 e. The molecule has 4 heterocycles. The Balaban J connectivity index is 1.40. The first-order chi connectivity index (χ1) is 14.4. The van der Waals surface area contributed by atoms with Crippen molar-refractivity contribution < 1.29 is 23.7 Å². The average molecular weight is 412 g/mol. The van der Waals surface area contributed by atoms with Crippen molar-refractivity contribution in [1.82, 2.24) is 19.5 Å². The van der Waals surface area contributed by atoms with Gasteiger partial charge in [0.1, 0.15) is 24.9 Å². The van der Waals surface area contributed by atoms with Gasteiger partial charge in [0, 0.05) is 0 Å². The van der Waals surface area contributed by atoms with Crippen molar-refractivity contribution in [2.75, 3.05) is 6.61 Å². The van der Waals surface area contributed by atoms with E-state index in [-0.39, 0.29) is 17.7 Å². The van der Waals surface area contributed by atoms with E-state index in [4.69, 9.17) is 18.9 Å². The fraction of sp³-hybridized carbons (Fsp3) is 0.400. The summed E-state index contributed by atoms with van der Waals surface area (Å²) >= 11 is 0. The molecule has 1 N–H and O–H groups in total. The van der Waals surface area contributed by atoms with E-state index in [2.05, 4.69) is 15.0 Å². The summed E-state index contributed by atoms with van der Waals surface area (Å²) in [7, 11) is 0. The van der Waals surface area contributed by atoms with E-state index in [1.807, 2.05) is 19.9 Å². The van der Waals surface area contributed by atoms with Crippen molar-refractivity contribution in [1.29, 1.82) is 0 Å². The van der Waals surface area contributed by atoms with Crippen molar-refractivity contribution in [3.05, 3.63) is 58.9 Å². The molecule has 0 spiro atoms. The Labute approximate surface area is 170 Å². The molecule has 2 aliphatic rings. The molecule has 2 aromatic heterocycles. The van der Waals surface area contributed by atoms with Gasteiger partial charge in [0.25, 0.3) is 5.56 Å². The third kappa shape index (κ3) is 3.18. The Bertz CT molecular complexity index is 1140. The first-order valence-corrected chi connectivity index (χ1v) is 9.56. The zero-order chi connectivity index (χ0) is 20.9. The molecule has 5 rings (SSSR count). The van der Waals surface area contributed by atoms with E-state index in [0.717, 1.165) is 0 Å². The largest absolute Gasteiger partial charge is 0.459 e. The monoisotopic (exact) mass is 412 g/mol. The molecule has 3 aromatic rings. The number of hydrogen-bond acceptors (Lipinski definition) is 8. The van der Waals surface area contributed by atoms with Gasteiger partial charge in [-0.05, 0) is 26.0 Å². The summed E-state index contributed by atoms with van der Waals surface area (Å²) in [6, 6.07) is 8.73. The van der Waals surface area contributed by atoms with Crippen LogP contribution < -0.4 is 5.56 Å². The Hall–Kier alpha value is -3.08. The van der Waals surface area contributed by atoms with Gasteiger partial charge in [-0.2, -0.15) is 0 Å². The number of aromatic nitrogens is 4. The molecule has 0 amide bonds. The molecule has 1 aromatic carbocycles. The quantitative estimate of drug-likeness (QED) is 0.639. The minimum atomic E-state index is -0.833. The lowest BCUT2D eigenvalue weighted by atomic mass is 10.1. The highest BCUT2D eigenvalue weighted by atomic mass is 16.8. The smallest absolute Gasteiger partial charge is 0.338 e. The summed E-state index contributed by atoms with van der Waals surface area (Å²) in [5.74, 6) is -1.28. The van der Waals surface area contributed by atoms with E-state index in [0.29, 0.717) is 11.2 Å². The van der Waals surface area contributed by atoms with Gasteiger partial charge in [0.05, 0.1) is 18.2 Å². The number of imidazole rings is 1. The summed E-state index contributed by atoms with van der Waals surface area (Å²) in [5, 5.41) is 0. The van der Waals surface area contributed by atoms with Gasteiger partial charge in [0.15, 0.2) is 23.2 Å². The molecule has 0 saturated carbocycles. The first-order valence-electron chi connectivity index (χ1n) is 9.56. The molecule has 2 saturated heterocycles. The molecule has 2 fully saturated rings. The lowest BCUT2D eigenvalue weighted by Crippen LogP contribution is -2.33. The summed E-state index contributed by atoms with van der Waals surface area (Å²) in [4.78, 5) is 35.2. The van der Waals surface area contributed by atoms with Crippen molar-refractivity contribution >= 4 is 17.1 Å². The maximum atomic E-state index is 12.3. The number of rotatable bonds is 4. The zero-order valence-electron chi connectivity index (χ0n) is 16.3. The van der Waals surface area contributed by atoms with E-state index in [1.165, 1.54) is 12.7 Å². The number of hydrogen-bond donors (Lipinski definition) is 1. The fourth-order valence-electron chi connectivity index (χ4n) is 3.88. The third-order valence-electron chi connectivity index (χ3n) is 5.15. The van der Waals surface area contributed by atoms with Gasteiger partial charge in [-0.15, -0.1) is 0 Å². The van der Waals surface area contributed by atoms with Crippen LogP contribution in [0.15, 0.2) is 47.8 Å². The zero-order valence-corrected chi connectivity index (χ0v) is 16.3. The number of carbonyl (C=O) groups excluding carboxylic acids is 1. The highest BCUT2D eigenvalue weighted by Crippen LogP contribution is 2.43. The van der Waals surface area contributed by atoms with Crippen LogP contribution in [0.4, 0.5) is 0 Å². The summed E-state index contributed by atoms with van der Waals surface area (Å²) in [6.07, 6.45) is 0.642. The third-order valence-corrected chi connectivity index (χ3v) is 5.15. The number of esters is 1. The highest BCUT2D eigenvalue weighted by molar-refractivity contribution is 5.89. The van der Waals surface area contributed by atoms with Gasteiger partial charge in [0.2, 0.25) is 0 Å². The predicted octanol–water partition coefficient (Wildman–Crippen LogP) is 1.39. The molecular weight excluding hydrogens is 392 g/mol. The lowest BCUT2D eigenvalue weighted by Gasteiger charge is -2.24. The second-order valence-electron chi connectivity index (χ2n) is 7.65. The standard InChI is InChI=1S/C20H20N4O6/c1-20(2)29-14-12(8-27-19(26)11-6-4-3-5-7-11)28-18(15(14)30-20)24-10-23-13-16(24)21-9-22-17(13)25/h3-7,9-10,12,14-15,18H,8H2,1-2H3,(H,21,22,25). The second kappa shape index (κ2) is 7.01. The van der Waals surface area contributed by atoms with Gasteiger partial charge >= 0.3 is 5.97 Å². The number of nitrogens with one attached hydrogen (secondary N) is 1. The van der Waals surface area contributed by atoms with Gasteiger partial charge in [-0.3, -0.25) is 9.36 Å². The lowest BCUT2D eigenvalue weighted by molar-refractivity contribution is -0.199. The number of nitrogens with zero attached hydrogens (tertiary/aromatic N) is 3. The molecular formula is C20H20N4O6. The summed E-state index contributed by atoms with van der Waals surface area (Å²) in [5.41, 5.74) is 0.689. The summed E-state index contributed by atoms with van der Waals surface area (Å²) < 4.78 is 25.3.